The Morgan fingerprint density at radius 3 is 2.48 bits per heavy atom. The molecule has 1 heterocycles. The molecule has 1 aromatic carbocycles. The fraction of sp³-hybridized carbons (Fsp3) is 0.652. The fourth-order valence-corrected chi connectivity index (χ4v) is 5.15. The van der Waals surface area contributed by atoms with E-state index in [9.17, 15) is 4.79 Å². The highest BCUT2D eigenvalue weighted by Crippen LogP contribution is 2.35. The van der Waals surface area contributed by atoms with E-state index in [1.807, 2.05) is 18.2 Å². The van der Waals surface area contributed by atoms with Gasteiger partial charge in [0.05, 0.1) is 21.8 Å². The second-order valence-electron chi connectivity index (χ2n) is 9.20. The van der Waals surface area contributed by atoms with E-state index in [-0.39, 0.29) is 12.1 Å². The van der Waals surface area contributed by atoms with Gasteiger partial charge in [-0.3, -0.25) is 4.90 Å². The second-order valence-corrected chi connectivity index (χ2v) is 9.99. The zero-order valence-electron chi connectivity index (χ0n) is 17.9. The first-order valence-electron chi connectivity index (χ1n) is 11.4. The fourth-order valence-electron chi connectivity index (χ4n) is 4.74. The standard InChI is InChI=1S/C23H31Cl2N5O/c24-19-2-1-3-20(21(19)25)30-14-12-29(13-15-30)11-8-17-4-6-18(7-5-17)27-22(31)28-23(16-26)9-10-23/h1-3,17-18H,4-15H2,(H2,27,28,31)/t17-,18-. The quantitative estimate of drug-likeness (QED) is 0.654. The first-order chi connectivity index (χ1) is 15.0. The van der Waals surface area contributed by atoms with Gasteiger partial charge in [0, 0.05) is 32.2 Å². The van der Waals surface area contributed by atoms with Crippen LogP contribution in [0.2, 0.25) is 10.0 Å². The van der Waals surface area contributed by atoms with Crippen molar-refractivity contribution in [3.8, 4) is 6.07 Å². The Labute approximate surface area is 194 Å². The minimum atomic E-state index is -0.594. The predicted octanol–water partition coefficient (Wildman–Crippen LogP) is 4.42. The number of carbonyl (C=O) groups excluding carboxylic acids is 1. The lowest BCUT2D eigenvalue weighted by Gasteiger charge is -2.37. The molecule has 1 saturated heterocycles. The monoisotopic (exact) mass is 463 g/mol. The van der Waals surface area contributed by atoms with Crippen LogP contribution in [-0.2, 0) is 0 Å². The Balaban J connectivity index is 1.13. The number of piperazine rings is 1. The summed E-state index contributed by atoms with van der Waals surface area (Å²) in [4.78, 5) is 17.0. The molecule has 3 aliphatic rings. The molecule has 3 fully saturated rings. The zero-order valence-corrected chi connectivity index (χ0v) is 19.4. The van der Waals surface area contributed by atoms with Crippen molar-refractivity contribution in [2.45, 2.75) is 56.5 Å². The van der Waals surface area contributed by atoms with Gasteiger partial charge in [0.25, 0.3) is 0 Å². The van der Waals surface area contributed by atoms with Gasteiger partial charge in [-0.15, -0.1) is 0 Å². The summed E-state index contributed by atoms with van der Waals surface area (Å²) >= 11 is 12.5. The lowest BCUT2D eigenvalue weighted by Crippen LogP contribution is -2.48. The predicted molar refractivity (Wildman–Crippen MR) is 125 cm³/mol. The molecule has 2 N–H and O–H groups in total. The van der Waals surface area contributed by atoms with E-state index in [0.29, 0.717) is 10.0 Å². The number of rotatable bonds is 6. The van der Waals surface area contributed by atoms with Gasteiger partial charge < -0.3 is 15.5 Å². The highest BCUT2D eigenvalue weighted by molar-refractivity contribution is 6.43. The third-order valence-corrected chi connectivity index (χ3v) is 7.81. The van der Waals surface area contributed by atoms with Crippen LogP contribution >= 0.6 is 23.2 Å². The Kier molecular flexibility index (Phi) is 7.15. The van der Waals surface area contributed by atoms with Crippen LogP contribution in [0.15, 0.2) is 18.2 Å². The summed E-state index contributed by atoms with van der Waals surface area (Å²) < 4.78 is 0. The first kappa shape index (κ1) is 22.5. The maximum atomic E-state index is 12.1. The van der Waals surface area contributed by atoms with Crippen LogP contribution in [0.4, 0.5) is 10.5 Å². The van der Waals surface area contributed by atoms with Crippen molar-refractivity contribution in [3.63, 3.8) is 0 Å². The van der Waals surface area contributed by atoms with Crippen molar-refractivity contribution >= 4 is 34.9 Å². The number of hydrogen-bond donors (Lipinski definition) is 2. The van der Waals surface area contributed by atoms with E-state index in [4.69, 9.17) is 28.5 Å². The summed E-state index contributed by atoms with van der Waals surface area (Å²) in [6.45, 7) is 5.15. The number of benzene rings is 1. The molecular formula is C23H31Cl2N5O. The molecule has 0 spiro atoms. The van der Waals surface area contributed by atoms with E-state index in [1.54, 1.807) is 0 Å². The molecule has 1 aliphatic heterocycles. The Bertz CT molecular complexity index is 822. The van der Waals surface area contributed by atoms with Gasteiger partial charge in [0.15, 0.2) is 0 Å². The van der Waals surface area contributed by atoms with Gasteiger partial charge in [-0.2, -0.15) is 5.26 Å². The average Bonchev–Trinajstić information content (AvgIpc) is 3.55. The summed E-state index contributed by atoms with van der Waals surface area (Å²) in [5, 5.41) is 16.3. The number of urea groups is 1. The van der Waals surface area contributed by atoms with Gasteiger partial charge in [0.1, 0.15) is 5.54 Å². The molecule has 6 nitrogen and oxygen atoms in total. The number of hydrogen-bond acceptors (Lipinski definition) is 4. The molecule has 2 amide bonds. The number of halogens is 2. The molecule has 0 bridgehead atoms. The molecule has 4 rings (SSSR count). The smallest absolute Gasteiger partial charge is 0.316 e. The summed E-state index contributed by atoms with van der Waals surface area (Å²) in [6, 6.07) is 8.08. The van der Waals surface area contributed by atoms with Crippen molar-refractivity contribution in [2.75, 3.05) is 37.6 Å². The van der Waals surface area contributed by atoms with Gasteiger partial charge >= 0.3 is 6.03 Å². The van der Waals surface area contributed by atoms with Gasteiger partial charge in [-0.25, -0.2) is 4.79 Å². The number of nitriles is 1. The molecule has 0 unspecified atom stereocenters. The van der Waals surface area contributed by atoms with Crippen LogP contribution in [0.25, 0.3) is 0 Å². The number of amides is 2. The topological polar surface area (TPSA) is 71.4 Å². The van der Waals surface area contributed by atoms with Gasteiger partial charge in [-0.05, 0) is 69.5 Å². The van der Waals surface area contributed by atoms with Crippen LogP contribution in [0.1, 0.15) is 44.9 Å². The van der Waals surface area contributed by atoms with E-state index in [2.05, 4.69) is 26.5 Å². The summed E-state index contributed by atoms with van der Waals surface area (Å²) in [6.07, 6.45) is 7.12. The summed E-state index contributed by atoms with van der Waals surface area (Å²) in [5.74, 6) is 0.732. The average molecular weight is 464 g/mol. The lowest BCUT2D eigenvalue weighted by atomic mass is 9.84. The highest BCUT2D eigenvalue weighted by atomic mass is 35.5. The molecule has 0 atom stereocenters. The Hall–Kier alpha value is -1.68. The third-order valence-electron chi connectivity index (χ3n) is 7.00. The maximum absolute atomic E-state index is 12.1. The molecule has 1 aromatic rings. The SMILES string of the molecule is N#CC1(NC(=O)N[C@H]2CC[C@H](CCN3CCN(c4cccc(Cl)c4Cl)CC3)CC2)CC1. The van der Waals surface area contributed by atoms with Crippen molar-refractivity contribution in [1.82, 2.24) is 15.5 Å². The van der Waals surface area contributed by atoms with Crippen LogP contribution in [0, 0.1) is 17.2 Å². The van der Waals surface area contributed by atoms with E-state index >= 15 is 0 Å². The second kappa shape index (κ2) is 9.85. The van der Waals surface area contributed by atoms with E-state index < -0.39 is 5.54 Å². The molecule has 31 heavy (non-hydrogen) atoms. The maximum Gasteiger partial charge on any atom is 0.316 e. The van der Waals surface area contributed by atoms with Crippen molar-refractivity contribution in [3.05, 3.63) is 28.2 Å². The number of anilines is 1. The molecule has 8 heteroatoms. The molecular weight excluding hydrogens is 433 g/mol. The minimum Gasteiger partial charge on any atom is -0.368 e. The van der Waals surface area contributed by atoms with Crippen molar-refractivity contribution in [1.29, 1.82) is 5.26 Å². The number of nitrogens with one attached hydrogen (secondary N) is 2. The molecule has 0 radical (unpaired) electrons. The Morgan fingerprint density at radius 2 is 1.84 bits per heavy atom. The number of nitrogens with zero attached hydrogens (tertiary/aromatic N) is 3. The largest absolute Gasteiger partial charge is 0.368 e. The van der Waals surface area contributed by atoms with Crippen LogP contribution in [-0.4, -0.2) is 55.2 Å². The van der Waals surface area contributed by atoms with Crippen molar-refractivity contribution in [2.24, 2.45) is 5.92 Å². The van der Waals surface area contributed by atoms with Gasteiger partial charge in [0.2, 0.25) is 0 Å². The zero-order chi connectivity index (χ0) is 21.8. The van der Waals surface area contributed by atoms with Crippen LogP contribution in [0.3, 0.4) is 0 Å². The molecule has 168 valence electrons. The summed E-state index contributed by atoms with van der Waals surface area (Å²) in [7, 11) is 0. The van der Waals surface area contributed by atoms with E-state index in [0.717, 1.165) is 82.9 Å². The van der Waals surface area contributed by atoms with Crippen molar-refractivity contribution < 1.29 is 4.79 Å². The third kappa shape index (κ3) is 5.77. The summed E-state index contributed by atoms with van der Waals surface area (Å²) in [5.41, 5.74) is 0.440. The lowest BCUT2D eigenvalue weighted by molar-refractivity contribution is 0.204. The minimum absolute atomic E-state index is 0.180. The normalized spacial score (nSPS) is 25.5. The molecule has 0 aromatic heterocycles. The molecule has 2 saturated carbocycles. The van der Waals surface area contributed by atoms with Crippen LogP contribution in [0.5, 0.6) is 0 Å². The molecule has 2 aliphatic carbocycles. The highest BCUT2D eigenvalue weighted by Gasteiger charge is 2.44. The van der Waals surface area contributed by atoms with Crippen LogP contribution < -0.4 is 15.5 Å². The Morgan fingerprint density at radius 1 is 1.13 bits per heavy atom. The van der Waals surface area contributed by atoms with Gasteiger partial charge in [-0.1, -0.05) is 29.3 Å². The number of carbonyl (C=O) groups is 1. The van der Waals surface area contributed by atoms with E-state index in [1.165, 1.54) is 6.42 Å². The first-order valence-corrected chi connectivity index (χ1v) is 12.1.